The van der Waals surface area contributed by atoms with Crippen LogP contribution in [0.3, 0.4) is 0 Å². The minimum Gasteiger partial charge on any atom is -0.497 e. The van der Waals surface area contributed by atoms with Crippen LogP contribution in [-0.2, 0) is 4.79 Å². The van der Waals surface area contributed by atoms with Crippen LogP contribution in [0.15, 0.2) is 36.4 Å². The van der Waals surface area contributed by atoms with E-state index in [1.807, 2.05) is 50.2 Å². The summed E-state index contributed by atoms with van der Waals surface area (Å²) >= 11 is 0. The third kappa shape index (κ3) is 3.92. The number of carbonyl (C=O) groups excluding carboxylic acids is 1. The molecular formula is C22H25N5O3. The van der Waals surface area contributed by atoms with Gasteiger partial charge in [-0.3, -0.25) is 4.79 Å². The molecule has 1 aliphatic rings. The van der Waals surface area contributed by atoms with Gasteiger partial charge in [0.2, 0.25) is 5.91 Å². The Morgan fingerprint density at radius 2 is 1.77 bits per heavy atom. The molecule has 1 aliphatic heterocycles. The molecule has 156 valence electrons. The maximum Gasteiger partial charge on any atom is 0.242 e. The van der Waals surface area contributed by atoms with Crippen LogP contribution >= 0.6 is 0 Å². The van der Waals surface area contributed by atoms with E-state index in [4.69, 9.17) is 9.47 Å². The summed E-state index contributed by atoms with van der Waals surface area (Å²) in [7, 11) is 3.24. The Morgan fingerprint density at radius 3 is 2.50 bits per heavy atom. The maximum absolute atomic E-state index is 12.8. The number of aryl methyl sites for hydroxylation is 2. The minimum atomic E-state index is -0.386. The Kier molecular flexibility index (Phi) is 5.52. The molecule has 0 radical (unpaired) electrons. The molecule has 3 N–H and O–H groups in total. The Labute approximate surface area is 175 Å². The molecule has 1 saturated heterocycles. The molecule has 0 aliphatic carbocycles. The molecular weight excluding hydrogens is 382 g/mol. The molecule has 0 saturated carbocycles. The van der Waals surface area contributed by atoms with Crippen molar-refractivity contribution >= 4 is 22.6 Å². The number of carbonyl (C=O) groups is 1. The van der Waals surface area contributed by atoms with Gasteiger partial charge in [0.05, 0.1) is 42.7 Å². The Morgan fingerprint density at radius 1 is 1.00 bits per heavy atom. The van der Waals surface area contributed by atoms with Crippen molar-refractivity contribution in [2.24, 2.45) is 0 Å². The number of ether oxygens (including phenoxy) is 2. The lowest BCUT2D eigenvalue weighted by molar-refractivity contribution is -0.117. The molecule has 4 rings (SSSR count). The monoisotopic (exact) mass is 407 g/mol. The smallest absolute Gasteiger partial charge is 0.242 e. The number of anilines is 1. The van der Waals surface area contributed by atoms with Gasteiger partial charge in [0.1, 0.15) is 17.5 Å². The predicted octanol–water partition coefficient (Wildman–Crippen LogP) is 2.81. The molecule has 1 fully saturated rings. The third-order valence-electron chi connectivity index (χ3n) is 5.38. The second-order valence-corrected chi connectivity index (χ2v) is 7.32. The van der Waals surface area contributed by atoms with Crippen molar-refractivity contribution in [3.63, 3.8) is 0 Å². The SMILES string of the molecule is COc1ccc(C2CC(C(=O)Nc3ccc4nc(C)c(C)nc4c3)NN2)c(OC)c1. The summed E-state index contributed by atoms with van der Waals surface area (Å²) in [5, 5.41) is 2.97. The highest BCUT2D eigenvalue weighted by atomic mass is 16.5. The van der Waals surface area contributed by atoms with Crippen molar-refractivity contribution in [3.8, 4) is 11.5 Å². The van der Waals surface area contributed by atoms with Gasteiger partial charge in [-0.2, -0.15) is 0 Å². The number of fused-ring (bicyclic) bond motifs is 1. The van der Waals surface area contributed by atoms with E-state index in [-0.39, 0.29) is 18.0 Å². The van der Waals surface area contributed by atoms with E-state index in [9.17, 15) is 4.79 Å². The van der Waals surface area contributed by atoms with Crippen molar-refractivity contribution in [2.45, 2.75) is 32.4 Å². The first-order chi connectivity index (χ1) is 14.5. The van der Waals surface area contributed by atoms with Crippen molar-refractivity contribution in [1.82, 2.24) is 20.8 Å². The predicted molar refractivity (Wildman–Crippen MR) is 115 cm³/mol. The Bertz CT molecular complexity index is 1100. The van der Waals surface area contributed by atoms with Crippen LogP contribution in [0.4, 0.5) is 5.69 Å². The van der Waals surface area contributed by atoms with Gasteiger partial charge in [0, 0.05) is 17.3 Å². The van der Waals surface area contributed by atoms with Crippen LogP contribution in [0.1, 0.15) is 29.4 Å². The number of nitrogens with zero attached hydrogens (tertiary/aromatic N) is 2. The highest BCUT2D eigenvalue weighted by molar-refractivity contribution is 5.96. The second kappa shape index (κ2) is 8.25. The van der Waals surface area contributed by atoms with Gasteiger partial charge in [0.25, 0.3) is 0 Å². The number of amides is 1. The number of hydrogen-bond acceptors (Lipinski definition) is 7. The molecule has 2 heterocycles. The first-order valence-electron chi connectivity index (χ1n) is 9.77. The topological polar surface area (TPSA) is 97.4 Å². The van der Waals surface area contributed by atoms with Crippen LogP contribution < -0.4 is 25.6 Å². The number of hydrazine groups is 1. The summed E-state index contributed by atoms with van der Waals surface area (Å²) in [5.74, 6) is 1.32. The lowest BCUT2D eigenvalue weighted by atomic mass is 10.0. The minimum absolute atomic E-state index is 0.0605. The van der Waals surface area contributed by atoms with Crippen LogP contribution in [0.5, 0.6) is 11.5 Å². The van der Waals surface area contributed by atoms with E-state index in [0.717, 1.165) is 33.7 Å². The first kappa shape index (κ1) is 20.1. The molecule has 2 atom stereocenters. The molecule has 3 aromatic rings. The molecule has 2 unspecified atom stereocenters. The van der Waals surface area contributed by atoms with Crippen LogP contribution in [-0.4, -0.2) is 36.1 Å². The van der Waals surface area contributed by atoms with Crippen LogP contribution in [0.25, 0.3) is 11.0 Å². The summed E-state index contributed by atoms with van der Waals surface area (Å²) in [5.41, 5.74) is 11.3. The molecule has 0 bridgehead atoms. The van der Waals surface area contributed by atoms with Crippen LogP contribution in [0.2, 0.25) is 0 Å². The average molecular weight is 407 g/mol. The summed E-state index contributed by atoms with van der Waals surface area (Å²) in [6.45, 7) is 3.86. The lowest BCUT2D eigenvalue weighted by Crippen LogP contribution is -2.39. The number of aromatic nitrogens is 2. The molecule has 8 heteroatoms. The number of hydrogen-bond donors (Lipinski definition) is 3. The van der Waals surface area contributed by atoms with Crippen molar-refractivity contribution < 1.29 is 14.3 Å². The number of benzene rings is 2. The number of rotatable bonds is 5. The fraction of sp³-hybridized carbons (Fsp3) is 0.318. The van der Waals surface area contributed by atoms with Crippen LogP contribution in [0, 0.1) is 13.8 Å². The summed E-state index contributed by atoms with van der Waals surface area (Å²) in [4.78, 5) is 21.9. The molecule has 0 spiro atoms. The lowest BCUT2D eigenvalue weighted by Gasteiger charge is -2.15. The Balaban J connectivity index is 1.46. The summed E-state index contributed by atoms with van der Waals surface area (Å²) in [6.07, 6.45) is 0.584. The van der Waals surface area contributed by atoms with Gasteiger partial charge >= 0.3 is 0 Å². The highest BCUT2D eigenvalue weighted by Gasteiger charge is 2.31. The van der Waals surface area contributed by atoms with E-state index in [0.29, 0.717) is 17.9 Å². The van der Waals surface area contributed by atoms with Crippen molar-refractivity contribution in [1.29, 1.82) is 0 Å². The van der Waals surface area contributed by atoms with Gasteiger partial charge in [-0.25, -0.2) is 20.8 Å². The Hall–Kier alpha value is -3.23. The van der Waals surface area contributed by atoms with Crippen molar-refractivity contribution in [3.05, 3.63) is 53.3 Å². The first-order valence-corrected chi connectivity index (χ1v) is 9.77. The summed E-state index contributed by atoms with van der Waals surface area (Å²) in [6, 6.07) is 10.8. The maximum atomic E-state index is 12.8. The molecule has 30 heavy (non-hydrogen) atoms. The zero-order chi connectivity index (χ0) is 21.3. The van der Waals surface area contributed by atoms with Gasteiger partial charge in [-0.15, -0.1) is 0 Å². The van der Waals surface area contributed by atoms with Crippen molar-refractivity contribution in [2.75, 3.05) is 19.5 Å². The van der Waals surface area contributed by atoms with Gasteiger partial charge < -0.3 is 14.8 Å². The normalized spacial score (nSPS) is 18.4. The van der Waals surface area contributed by atoms with Gasteiger partial charge in [0.15, 0.2) is 0 Å². The zero-order valence-corrected chi connectivity index (χ0v) is 17.4. The van der Waals surface area contributed by atoms with E-state index in [1.54, 1.807) is 14.2 Å². The number of methoxy groups -OCH3 is 2. The van der Waals surface area contributed by atoms with E-state index < -0.39 is 0 Å². The number of nitrogens with one attached hydrogen (secondary N) is 3. The molecule has 1 amide bonds. The standard InChI is InChI=1S/C22H25N5O3/c1-12-13(2)24-19-9-14(5-8-17(19)23-12)25-22(28)20-11-18(26-27-20)16-7-6-15(29-3)10-21(16)30-4/h5-10,18,20,26-27H,11H2,1-4H3,(H,25,28). The quantitative estimate of drug-likeness (QED) is 0.598. The van der Waals surface area contributed by atoms with E-state index in [2.05, 4.69) is 26.1 Å². The van der Waals surface area contributed by atoms with E-state index in [1.165, 1.54) is 0 Å². The van der Waals surface area contributed by atoms with Gasteiger partial charge in [-0.05, 0) is 44.5 Å². The molecule has 2 aromatic carbocycles. The molecule has 1 aromatic heterocycles. The van der Waals surface area contributed by atoms with Gasteiger partial charge in [-0.1, -0.05) is 6.07 Å². The fourth-order valence-corrected chi connectivity index (χ4v) is 3.58. The second-order valence-electron chi connectivity index (χ2n) is 7.32. The molecule has 8 nitrogen and oxygen atoms in total. The zero-order valence-electron chi connectivity index (χ0n) is 17.4. The highest BCUT2D eigenvalue weighted by Crippen LogP contribution is 2.33. The largest absolute Gasteiger partial charge is 0.497 e. The third-order valence-corrected chi connectivity index (χ3v) is 5.38. The fourth-order valence-electron chi connectivity index (χ4n) is 3.58. The summed E-state index contributed by atoms with van der Waals surface area (Å²) < 4.78 is 10.7. The van der Waals surface area contributed by atoms with E-state index >= 15 is 0 Å². The average Bonchev–Trinajstić information content (AvgIpc) is 3.24.